The van der Waals surface area contributed by atoms with Crippen molar-refractivity contribution in [2.24, 2.45) is 0 Å². The standard InChI is InChI=1S/C26H23ClN6O2/c27-16-4-6-20-19(13-16)24(29-15-17-3-1-2-8-28-17)23(26(34)32-20)25-30-21-7-5-18(14-22(21)31-25)33-9-11-35-12-10-33/h1-8,13-14H,9-12,15H2,(H,30,31)(H2,29,32,34). The number of aromatic nitrogens is 4. The Morgan fingerprint density at radius 3 is 2.74 bits per heavy atom. The van der Waals surface area contributed by atoms with Crippen molar-refractivity contribution < 1.29 is 4.74 Å². The van der Waals surface area contributed by atoms with Crippen molar-refractivity contribution in [1.29, 1.82) is 0 Å². The summed E-state index contributed by atoms with van der Waals surface area (Å²) in [5.41, 5.74) is 5.15. The van der Waals surface area contributed by atoms with Gasteiger partial charge in [-0.15, -0.1) is 0 Å². The molecule has 0 spiro atoms. The van der Waals surface area contributed by atoms with Crippen LogP contribution in [-0.4, -0.2) is 46.2 Å². The van der Waals surface area contributed by atoms with Crippen LogP contribution in [0.3, 0.4) is 0 Å². The Kier molecular flexibility index (Phi) is 5.60. The molecule has 0 unspecified atom stereocenters. The molecule has 0 atom stereocenters. The Bertz CT molecular complexity index is 1570. The lowest BCUT2D eigenvalue weighted by atomic mass is 10.1. The second-order valence-corrected chi connectivity index (χ2v) is 8.89. The molecule has 0 bridgehead atoms. The normalized spacial score (nSPS) is 14.0. The zero-order valence-electron chi connectivity index (χ0n) is 18.8. The van der Waals surface area contributed by atoms with Gasteiger partial charge < -0.3 is 24.9 Å². The van der Waals surface area contributed by atoms with Gasteiger partial charge in [0.05, 0.1) is 47.7 Å². The Morgan fingerprint density at radius 2 is 1.91 bits per heavy atom. The lowest BCUT2D eigenvalue weighted by Gasteiger charge is -2.28. The highest BCUT2D eigenvalue weighted by Crippen LogP contribution is 2.33. The van der Waals surface area contributed by atoms with Crippen molar-refractivity contribution in [2.45, 2.75) is 6.54 Å². The Hall–Kier alpha value is -3.88. The number of fused-ring (bicyclic) bond motifs is 2. The van der Waals surface area contributed by atoms with E-state index >= 15 is 0 Å². The van der Waals surface area contributed by atoms with Gasteiger partial charge in [0.2, 0.25) is 0 Å². The summed E-state index contributed by atoms with van der Waals surface area (Å²) in [5, 5.41) is 4.81. The molecule has 5 aromatic rings. The van der Waals surface area contributed by atoms with E-state index in [-0.39, 0.29) is 5.56 Å². The fraction of sp³-hybridized carbons (Fsp3) is 0.192. The van der Waals surface area contributed by atoms with E-state index in [2.05, 4.69) is 37.3 Å². The van der Waals surface area contributed by atoms with Crippen LogP contribution in [0.2, 0.25) is 5.02 Å². The molecule has 1 aliphatic rings. The van der Waals surface area contributed by atoms with Crippen molar-refractivity contribution in [3.8, 4) is 11.4 Å². The molecule has 1 fully saturated rings. The number of nitrogens with zero attached hydrogens (tertiary/aromatic N) is 3. The highest BCUT2D eigenvalue weighted by Gasteiger charge is 2.19. The highest BCUT2D eigenvalue weighted by molar-refractivity contribution is 6.31. The average molecular weight is 487 g/mol. The second-order valence-electron chi connectivity index (χ2n) is 8.45. The van der Waals surface area contributed by atoms with Crippen LogP contribution in [0.15, 0.2) is 65.6 Å². The van der Waals surface area contributed by atoms with Crippen LogP contribution < -0.4 is 15.8 Å². The summed E-state index contributed by atoms with van der Waals surface area (Å²) in [4.78, 5) is 31.1. The van der Waals surface area contributed by atoms with Gasteiger partial charge in [0.25, 0.3) is 5.56 Å². The van der Waals surface area contributed by atoms with E-state index in [1.54, 1.807) is 12.3 Å². The minimum atomic E-state index is -0.240. The number of imidazole rings is 1. The Balaban J connectivity index is 1.47. The molecule has 3 N–H and O–H groups in total. The smallest absolute Gasteiger partial charge is 0.261 e. The van der Waals surface area contributed by atoms with Crippen molar-refractivity contribution in [2.75, 3.05) is 36.5 Å². The average Bonchev–Trinajstić information content (AvgIpc) is 3.31. The summed E-state index contributed by atoms with van der Waals surface area (Å²) in [6.07, 6.45) is 1.75. The number of hydrogen-bond donors (Lipinski definition) is 3. The number of hydrogen-bond acceptors (Lipinski definition) is 6. The first-order valence-electron chi connectivity index (χ1n) is 11.5. The maximum absolute atomic E-state index is 13.3. The van der Waals surface area contributed by atoms with E-state index < -0.39 is 0 Å². The number of ether oxygens (including phenoxy) is 1. The molecule has 2 aromatic carbocycles. The van der Waals surface area contributed by atoms with Crippen LogP contribution in [0.4, 0.5) is 11.4 Å². The minimum Gasteiger partial charge on any atom is -0.378 e. The summed E-state index contributed by atoms with van der Waals surface area (Å²) in [6, 6.07) is 17.3. The van der Waals surface area contributed by atoms with E-state index in [0.717, 1.165) is 40.9 Å². The zero-order valence-corrected chi connectivity index (χ0v) is 19.6. The molecular formula is C26H23ClN6O2. The van der Waals surface area contributed by atoms with Gasteiger partial charge in [0, 0.05) is 35.4 Å². The van der Waals surface area contributed by atoms with Crippen LogP contribution >= 0.6 is 11.6 Å². The summed E-state index contributed by atoms with van der Waals surface area (Å²) < 4.78 is 5.47. The first kappa shape index (κ1) is 21.6. The molecule has 1 aliphatic heterocycles. The number of halogens is 1. The number of pyridine rings is 2. The van der Waals surface area contributed by atoms with Gasteiger partial charge >= 0.3 is 0 Å². The van der Waals surface area contributed by atoms with Crippen molar-refractivity contribution in [3.05, 3.63) is 81.9 Å². The largest absolute Gasteiger partial charge is 0.378 e. The minimum absolute atomic E-state index is 0.240. The summed E-state index contributed by atoms with van der Waals surface area (Å²) in [7, 11) is 0. The molecule has 35 heavy (non-hydrogen) atoms. The third-order valence-electron chi connectivity index (χ3n) is 6.23. The van der Waals surface area contributed by atoms with Gasteiger partial charge in [-0.3, -0.25) is 9.78 Å². The third kappa shape index (κ3) is 4.22. The van der Waals surface area contributed by atoms with Gasteiger partial charge in [0.1, 0.15) is 11.4 Å². The van der Waals surface area contributed by atoms with Gasteiger partial charge in [-0.25, -0.2) is 4.98 Å². The molecule has 3 aromatic heterocycles. The Labute approximate surface area is 205 Å². The van der Waals surface area contributed by atoms with Crippen LogP contribution in [0.25, 0.3) is 33.3 Å². The van der Waals surface area contributed by atoms with Gasteiger partial charge in [-0.05, 0) is 48.5 Å². The molecule has 8 nitrogen and oxygen atoms in total. The maximum Gasteiger partial charge on any atom is 0.261 e. The second kappa shape index (κ2) is 9.05. The maximum atomic E-state index is 13.3. The topological polar surface area (TPSA) is 98.9 Å². The van der Waals surface area contributed by atoms with Crippen molar-refractivity contribution in [3.63, 3.8) is 0 Å². The summed E-state index contributed by atoms with van der Waals surface area (Å²) in [5.74, 6) is 0.491. The molecule has 4 heterocycles. The molecule has 0 aliphatic carbocycles. The molecule has 176 valence electrons. The predicted molar refractivity (Wildman–Crippen MR) is 139 cm³/mol. The van der Waals surface area contributed by atoms with Crippen molar-refractivity contribution in [1.82, 2.24) is 19.9 Å². The van der Waals surface area contributed by atoms with E-state index in [9.17, 15) is 4.79 Å². The highest BCUT2D eigenvalue weighted by atomic mass is 35.5. The number of benzene rings is 2. The fourth-order valence-corrected chi connectivity index (χ4v) is 4.66. The lowest BCUT2D eigenvalue weighted by molar-refractivity contribution is 0.122. The predicted octanol–water partition coefficient (Wildman–Crippen LogP) is 4.57. The quantitative estimate of drug-likeness (QED) is 0.336. The number of aromatic amines is 2. The van der Waals surface area contributed by atoms with Crippen molar-refractivity contribution >= 4 is 44.9 Å². The number of morpholine rings is 1. The van der Waals surface area contributed by atoms with Gasteiger partial charge in [-0.1, -0.05) is 17.7 Å². The lowest BCUT2D eigenvalue weighted by Crippen LogP contribution is -2.36. The van der Waals surface area contributed by atoms with E-state index in [4.69, 9.17) is 21.3 Å². The van der Waals surface area contributed by atoms with Crippen LogP contribution in [0.1, 0.15) is 5.69 Å². The molecule has 6 rings (SSSR count). The van der Waals surface area contributed by atoms with Crippen LogP contribution in [0, 0.1) is 0 Å². The van der Waals surface area contributed by atoms with Crippen LogP contribution in [-0.2, 0) is 11.3 Å². The van der Waals surface area contributed by atoms with E-state index in [1.165, 1.54) is 0 Å². The number of nitrogens with one attached hydrogen (secondary N) is 3. The summed E-state index contributed by atoms with van der Waals surface area (Å²) >= 11 is 6.33. The van der Waals surface area contributed by atoms with Gasteiger partial charge in [-0.2, -0.15) is 0 Å². The summed E-state index contributed by atoms with van der Waals surface area (Å²) in [6.45, 7) is 3.57. The van der Waals surface area contributed by atoms with E-state index in [1.807, 2.05) is 36.4 Å². The van der Waals surface area contributed by atoms with Crippen LogP contribution in [0.5, 0.6) is 0 Å². The first-order valence-corrected chi connectivity index (χ1v) is 11.9. The monoisotopic (exact) mass is 486 g/mol. The number of anilines is 2. The zero-order chi connectivity index (χ0) is 23.8. The third-order valence-corrected chi connectivity index (χ3v) is 6.46. The van der Waals surface area contributed by atoms with E-state index in [0.29, 0.717) is 47.4 Å². The van der Waals surface area contributed by atoms with Gasteiger partial charge in [0.15, 0.2) is 0 Å². The first-order chi connectivity index (χ1) is 17.2. The number of H-pyrrole nitrogens is 2. The Morgan fingerprint density at radius 1 is 1.03 bits per heavy atom. The number of rotatable bonds is 5. The fourth-order valence-electron chi connectivity index (χ4n) is 4.49. The molecule has 0 radical (unpaired) electrons. The molecule has 9 heteroatoms. The SMILES string of the molecule is O=c1[nH]c2ccc(Cl)cc2c(NCc2ccccn2)c1-c1nc2ccc(N3CCOCC3)cc2[nH]1. The molecule has 1 saturated heterocycles. The molecular weight excluding hydrogens is 464 g/mol. The molecule has 0 saturated carbocycles. The molecule has 0 amide bonds.